The van der Waals surface area contributed by atoms with Crippen LogP contribution in [0.25, 0.3) is 10.8 Å². The minimum atomic E-state index is -3.83. The molecule has 29 heavy (non-hydrogen) atoms. The van der Waals surface area contributed by atoms with Gasteiger partial charge in [-0.25, -0.2) is 14.3 Å². The van der Waals surface area contributed by atoms with Crippen molar-refractivity contribution >= 4 is 32.2 Å². The number of aromatic nitrogens is 1. The maximum absolute atomic E-state index is 12.9. The minimum absolute atomic E-state index is 0.0771. The van der Waals surface area contributed by atoms with E-state index in [0.717, 1.165) is 10.8 Å². The van der Waals surface area contributed by atoms with E-state index in [-0.39, 0.29) is 11.5 Å². The van der Waals surface area contributed by atoms with Gasteiger partial charge in [0.2, 0.25) is 0 Å². The average Bonchev–Trinajstić information content (AvgIpc) is 2.72. The maximum atomic E-state index is 12.9. The van der Waals surface area contributed by atoms with Gasteiger partial charge in [-0.3, -0.25) is 14.7 Å². The quantitative estimate of drug-likeness (QED) is 0.383. The van der Waals surface area contributed by atoms with Gasteiger partial charge in [-0.2, -0.15) is 0 Å². The molecule has 5 N–H and O–H groups in total. The average molecular weight is 414 g/mol. The number of fused-ring (bicyclic) bond motifs is 1. The van der Waals surface area contributed by atoms with Crippen molar-refractivity contribution in [1.29, 1.82) is 0 Å². The van der Waals surface area contributed by atoms with Crippen LogP contribution >= 0.6 is 0 Å². The summed E-state index contributed by atoms with van der Waals surface area (Å²) in [4.78, 5) is 4.14. The number of benzene rings is 2. The van der Waals surface area contributed by atoms with Crippen molar-refractivity contribution in [2.24, 2.45) is 11.6 Å². The summed E-state index contributed by atoms with van der Waals surface area (Å²) in [6.07, 6.45) is 4.79. The van der Waals surface area contributed by atoms with Gasteiger partial charge in [0.25, 0.3) is 10.0 Å². The van der Waals surface area contributed by atoms with Crippen molar-refractivity contribution in [2.75, 3.05) is 22.9 Å². The fourth-order valence-corrected chi connectivity index (χ4v) is 3.86. The summed E-state index contributed by atoms with van der Waals surface area (Å²) in [5.74, 6) is 6.01. The van der Waals surface area contributed by atoms with Crippen LogP contribution in [0.15, 0.2) is 77.7 Å². The Bertz CT molecular complexity index is 1130. The molecule has 0 spiro atoms. The summed E-state index contributed by atoms with van der Waals surface area (Å²) in [5.41, 5.74) is 7.22. The molecule has 0 radical (unpaired) electrons. The Hall–Kier alpha value is -3.14. The Labute approximate surface area is 169 Å². The lowest BCUT2D eigenvalue weighted by molar-refractivity contribution is 0.170. The molecule has 0 aliphatic carbocycles. The first-order valence-corrected chi connectivity index (χ1v) is 10.4. The third-order valence-corrected chi connectivity index (χ3v) is 5.49. The minimum Gasteiger partial charge on any atom is -0.399 e. The van der Waals surface area contributed by atoms with E-state index in [1.165, 1.54) is 23.3 Å². The fraction of sp³-hybridized carbons (Fsp3) is 0.150. The van der Waals surface area contributed by atoms with Crippen molar-refractivity contribution in [1.82, 2.24) is 4.98 Å². The SMILES string of the molecule is CCOC/C(N)=C/N(N)c1cccc(S(=O)(=O)Nc2cccc3cnccc23)c1. The molecule has 2 aromatic carbocycles. The summed E-state index contributed by atoms with van der Waals surface area (Å²) in [6, 6.07) is 13.4. The van der Waals surface area contributed by atoms with Gasteiger partial charge in [-0.1, -0.05) is 18.2 Å². The van der Waals surface area contributed by atoms with Gasteiger partial charge in [0.15, 0.2) is 0 Å². The van der Waals surface area contributed by atoms with Crippen LogP contribution in [0.4, 0.5) is 11.4 Å². The Kier molecular flexibility index (Phi) is 6.32. The molecule has 0 aliphatic rings. The third kappa shape index (κ3) is 5.02. The molecule has 0 unspecified atom stereocenters. The zero-order valence-corrected chi connectivity index (χ0v) is 16.8. The maximum Gasteiger partial charge on any atom is 0.261 e. The van der Waals surface area contributed by atoms with Gasteiger partial charge in [0.05, 0.1) is 28.6 Å². The number of nitrogens with zero attached hydrogens (tertiary/aromatic N) is 2. The number of pyridine rings is 1. The van der Waals surface area contributed by atoms with Crippen molar-refractivity contribution < 1.29 is 13.2 Å². The van der Waals surface area contributed by atoms with Crippen LogP contribution in [0.3, 0.4) is 0 Å². The number of ether oxygens (including phenoxy) is 1. The van der Waals surface area contributed by atoms with Crippen LogP contribution < -0.4 is 21.3 Å². The third-order valence-electron chi connectivity index (χ3n) is 4.13. The number of hydrogen-bond acceptors (Lipinski definition) is 7. The Morgan fingerprint density at radius 3 is 2.83 bits per heavy atom. The zero-order chi connectivity index (χ0) is 20.9. The predicted molar refractivity (Wildman–Crippen MR) is 114 cm³/mol. The largest absolute Gasteiger partial charge is 0.399 e. The molecule has 0 amide bonds. The molecule has 0 saturated carbocycles. The number of nitrogens with two attached hydrogens (primary N) is 2. The van der Waals surface area contributed by atoms with Gasteiger partial charge < -0.3 is 10.5 Å². The standard InChI is InChI=1S/C20H23N5O3S/c1-2-28-14-16(21)13-25(22)17-6-4-7-18(11-17)29(26,27)24-20-8-3-5-15-12-23-10-9-19(15)20/h3-13,24H,2,14,21-22H2,1H3/b16-13-. The molecule has 3 rings (SSSR count). The van der Waals surface area contributed by atoms with E-state index >= 15 is 0 Å². The number of nitrogens with one attached hydrogen (secondary N) is 1. The summed E-state index contributed by atoms with van der Waals surface area (Å²) in [5, 5.41) is 2.86. The van der Waals surface area contributed by atoms with Crippen molar-refractivity contribution in [3.63, 3.8) is 0 Å². The van der Waals surface area contributed by atoms with Crippen LogP contribution in [0.5, 0.6) is 0 Å². The Morgan fingerprint density at radius 2 is 2.03 bits per heavy atom. The van der Waals surface area contributed by atoms with Crippen LogP contribution in [0, 0.1) is 0 Å². The molecular weight excluding hydrogens is 390 g/mol. The van der Waals surface area contributed by atoms with Crippen LogP contribution in [0.2, 0.25) is 0 Å². The highest BCUT2D eigenvalue weighted by atomic mass is 32.2. The molecule has 3 aromatic rings. The lowest BCUT2D eigenvalue weighted by atomic mass is 10.1. The second-order valence-electron chi connectivity index (χ2n) is 6.25. The van der Waals surface area contributed by atoms with Crippen LogP contribution in [-0.2, 0) is 14.8 Å². The van der Waals surface area contributed by atoms with Gasteiger partial charge in [-0.15, -0.1) is 0 Å². The highest BCUT2D eigenvalue weighted by molar-refractivity contribution is 7.92. The molecule has 8 nitrogen and oxygen atoms in total. The Morgan fingerprint density at radius 1 is 1.24 bits per heavy atom. The van der Waals surface area contributed by atoms with Gasteiger partial charge in [0, 0.05) is 36.0 Å². The zero-order valence-electron chi connectivity index (χ0n) is 15.9. The molecule has 1 aromatic heterocycles. The predicted octanol–water partition coefficient (Wildman–Crippen LogP) is 2.55. The molecule has 1 heterocycles. The molecule has 0 saturated heterocycles. The van der Waals surface area contributed by atoms with E-state index in [4.69, 9.17) is 16.3 Å². The molecule has 0 bridgehead atoms. The molecule has 0 aliphatic heterocycles. The molecule has 0 fully saturated rings. The van der Waals surface area contributed by atoms with E-state index in [9.17, 15) is 8.42 Å². The summed E-state index contributed by atoms with van der Waals surface area (Å²) < 4.78 is 33.7. The van der Waals surface area contributed by atoms with Crippen molar-refractivity contribution in [2.45, 2.75) is 11.8 Å². The van der Waals surface area contributed by atoms with E-state index in [1.54, 1.807) is 42.7 Å². The second-order valence-corrected chi connectivity index (χ2v) is 7.94. The number of hydrogen-bond donors (Lipinski definition) is 3. The normalized spacial score (nSPS) is 12.1. The number of rotatable bonds is 8. The van der Waals surface area contributed by atoms with Gasteiger partial charge >= 0.3 is 0 Å². The lowest BCUT2D eigenvalue weighted by Gasteiger charge is -2.17. The summed E-state index contributed by atoms with van der Waals surface area (Å²) >= 11 is 0. The fourth-order valence-electron chi connectivity index (χ4n) is 2.74. The molecular formula is C20H23N5O3S. The molecule has 0 atom stereocenters. The summed E-state index contributed by atoms with van der Waals surface area (Å²) in [7, 11) is -3.83. The van der Waals surface area contributed by atoms with Crippen LogP contribution in [0.1, 0.15) is 6.92 Å². The summed E-state index contributed by atoms with van der Waals surface area (Å²) in [6.45, 7) is 2.63. The second kappa shape index (κ2) is 8.91. The number of sulfonamides is 1. The molecule has 152 valence electrons. The van der Waals surface area contributed by atoms with Crippen LogP contribution in [-0.4, -0.2) is 26.6 Å². The smallest absolute Gasteiger partial charge is 0.261 e. The number of hydrazine groups is 1. The van der Waals surface area contributed by atoms with E-state index < -0.39 is 10.0 Å². The van der Waals surface area contributed by atoms with E-state index in [2.05, 4.69) is 9.71 Å². The first kappa shape index (κ1) is 20.6. The van der Waals surface area contributed by atoms with Gasteiger partial charge in [-0.05, 0) is 37.3 Å². The highest BCUT2D eigenvalue weighted by Gasteiger charge is 2.17. The molecule has 9 heteroatoms. The van der Waals surface area contributed by atoms with Gasteiger partial charge in [0.1, 0.15) is 0 Å². The first-order chi connectivity index (χ1) is 13.9. The highest BCUT2D eigenvalue weighted by Crippen LogP contribution is 2.26. The van der Waals surface area contributed by atoms with Crippen molar-refractivity contribution in [3.8, 4) is 0 Å². The van der Waals surface area contributed by atoms with E-state index in [0.29, 0.717) is 23.7 Å². The van der Waals surface area contributed by atoms with Crippen molar-refractivity contribution in [3.05, 3.63) is 72.8 Å². The number of anilines is 2. The lowest BCUT2D eigenvalue weighted by Crippen LogP contribution is -2.27. The first-order valence-electron chi connectivity index (χ1n) is 8.94. The monoisotopic (exact) mass is 413 g/mol. The Balaban J connectivity index is 1.87. The topological polar surface area (TPSA) is 124 Å². The van der Waals surface area contributed by atoms with E-state index in [1.807, 2.05) is 13.0 Å².